The minimum Gasteiger partial charge on any atom is -0.262 e. The smallest absolute Gasteiger partial charge is 0.262 e. The summed E-state index contributed by atoms with van der Waals surface area (Å²) in [6.07, 6.45) is 1.46. The highest BCUT2D eigenvalue weighted by molar-refractivity contribution is 7.94. The minimum absolute atomic E-state index is 0.176. The molecule has 0 amide bonds. The predicted octanol–water partition coefficient (Wildman–Crippen LogP) is 2.20. The molecule has 19 heavy (non-hydrogen) atoms. The third-order valence-corrected chi connectivity index (χ3v) is 5.01. The molecule has 0 bridgehead atoms. The summed E-state index contributed by atoms with van der Waals surface area (Å²) < 4.78 is 32.3. The molecule has 0 fully saturated rings. The van der Waals surface area contributed by atoms with Gasteiger partial charge >= 0.3 is 0 Å². The summed E-state index contributed by atoms with van der Waals surface area (Å²) in [7, 11) is -3.59. The van der Waals surface area contributed by atoms with Crippen LogP contribution in [0.15, 0.2) is 22.5 Å². The van der Waals surface area contributed by atoms with Gasteiger partial charge in [0, 0.05) is 18.0 Å². The van der Waals surface area contributed by atoms with Crippen LogP contribution in [0.2, 0.25) is 0 Å². The van der Waals surface area contributed by atoms with Crippen LogP contribution in [0.3, 0.4) is 0 Å². The van der Waals surface area contributed by atoms with E-state index in [1.807, 2.05) is 27.7 Å². The van der Waals surface area contributed by atoms with E-state index in [2.05, 4.69) is 14.2 Å². The monoisotopic (exact) mass is 300 g/mol. The molecule has 0 radical (unpaired) electrons. The van der Waals surface area contributed by atoms with E-state index >= 15 is 0 Å². The molecule has 104 valence electrons. The fourth-order valence-corrected chi connectivity index (χ4v) is 3.44. The molecule has 0 atom stereocenters. The van der Waals surface area contributed by atoms with Crippen molar-refractivity contribution in [2.45, 2.75) is 37.4 Å². The first kappa shape index (κ1) is 14.0. The number of hydrogen-bond acceptors (Lipinski definition) is 5. The van der Waals surface area contributed by atoms with Crippen LogP contribution in [0.5, 0.6) is 0 Å². The third-order valence-electron chi connectivity index (χ3n) is 2.44. The molecule has 0 aliphatic heterocycles. The summed E-state index contributed by atoms with van der Waals surface area (Å²) >= 11 is 0.931. The fraction of sp³-hybridized carbons (Fsp3) is 0.455. The molecule has 2 aromatic rings. The maximum atomic E-state index is 12.0. The first-order valence-electron chi connectivity index (χ1n) is 5.71. The Labute approximate surface area is 116 Å². The van der Waals surface area contributed by atoms with Crippen LogP contribution >= 0.6 is 11.5 Å². The summed E-state index contributed by atoms with van der Waals surface area (Å²) in [4.78, 5) is 0. The van der Waals surface area contributed by atoms with E-state index in [1.165, 1.54) is 12.3 Å². The van der Waals surface area contributed by atoms with Crippen molar-refractivity contribution >= 4 is 27.4 Å². The molecule has 0 saturated heterocycles. The quantitative estimate of drug-likeness (QED) is 0.942. The van der Waals surface area contributed by atoms with Gasteiger partial charge in [0.05, 0.1) is 5.54 Å². The Kier molecular flexibility index (Phi) is 3.40. The maximum Gasteiger partial charge on any atom is 0.274 e. The average Bonchev–Trinajstić information content (AvgIpc) is 2.85. The topological polar surface area (TPSA) is 76.9 Å². The lowest BCUT2D eigenvalue weighted by Gasteiger charge is -2.21. The number of aryl methyl sites for hydroxylation is 1. The highest BCUT2D eigenvalue weighted by Gasteiger charge is 2.21. The number of anilines is 1. The molecule has 0 spiro atoms. The summed E-state index contributed by atoms with van der Waals surface area (Å²) in [6, 6.07) is 3.17. The lowest BCUT2D eigenvalue weighted by atomic mass is 10.1. The van der Waals surface area contributed by atoms with Gasteiger partial charge in [-0.25, -0.2) is 8.42 Å². The Balaban J connectivity index is 2.31. The van der Waals surface area contributed by atoms with E-state index in [0.717, 1.165) is 17.2 Å². The number of hydrogen-bond donors (Lipinski definition) is 1. The van der Waals surface area contributed by atoms with Crippen LogP contribution in [-0.4, -0.2) is 22.6 Å². The zero-order chi connectivity index (χ0) is 14.3. The molecule has 2 heterocycles. The SMILES string of the molecule is Cc1cc(NS(=O)(=O)c2ccns2)nn1C(C)(C)C. The van der Waals surface area contributed by atoms with Crippen LogP contribution in [0.4, 0.5) is 5.82 Å². The Morgan fingerprint density at radius 2 is 2.05 bits per heavy atom. The molecule has 2 aromatic heterocycles. The Hall–Kier alpha value is -1.41. The summed E-state index contributed by atoms with van der Waals surface area (Å²) in [5, 5.41) is 4.29. The van der Waals surface area contributed by atoms with E-state index in [-0.39, 0.29) is 9.75 Å². The van der Waals surface area contributed by atoms with Crippen molar-refractivity contribution in [1.29, 1.82) is 0 Å². The van der Waals surface area contributed by atoms with Crippen LogP contribution in [-0.2, 0) is 15.6 Å². The number of rotatable bonds is 3. The highest BCUT2D eigenvalue weighted by atomic mass is 32.2. The van der Waals surface area contributed by atoms with Crippen LogP contribution in [0.1, 0.15) is 26.5 Å². The highest BCUT2D eigenvalue weighted by Crippen LogP contribution is 2.22. The Morgan fingerprint density at radius 1 is 1.37 bits per heavy atom. The van der Waals surface area contributed by atoms with Crippen LogP contribution in [0, 0.1) is 6.92 Å². The first-order valence-corrected chi connectivity index (χ1v) is 7.96. The van der Waals surface area contributed by atoms with Crippen molar-refractivity contribution in [3.63, 3.8) is 0 Å². The number of nitrogens with one attached hydrogen (secondary N) is 1. The van der Waals surface area contributed by atoms with Gasteiger partial charge in [0.25, 0.3) is 10.0 Å². The van der Waals surface area contributed by atoms with Crippen LogP contribution < -0.4 is 4.72 Å². The van der Waals surface area contributed by atoms with Crippen molar-refractivity contribution in [3.05, 3.63) is 24.0 Å². The van der Waals surface area contributed by atoms with Gasteiger partial charge in [-0.1, -0.05) is 0 Å². The fourth-order valence-electron chi connectivity index (χ4n) is 1.73. The van der Waals surface area contributed by atoms with E-state index in [4.69, 9.17) is 0 Å². The Bertz CT molecular complexity index is 666. The van der Waals surface area contributed by atoms with Gasteiger partial charge in [-0.2, -0.15) is 9.47 Å². The first-order chi connectivity index (χ1) is 8.70. The van der Waals surface area contributed by atoms with Gasteiger partial charge in [0.15, 0.2) is 10.0 Å². The normalized spacial score (nSPS) is 12.6. The lowest BCUT2D eigenvalue weighted by molar-refractivity contribution is 0.349. The van der Waals surface area contributed by atoms with Crippen molar-refractivity contribution in [1.82, 2.24) is 14.2 Å². The van der Waals surface area contributed by atoms with Crippen molar-refractivity contribution in [2.75, 3.05) is 4.72 Å². The predicted molar refractivity (Wildman–Crippen MR) is 74.9 cm³/mol. The second-order valence-corrected chi connectivity index (χ2v) is 7.93. The van der Waals surface area contributed by atoms with Crippen molar-refractivity contribution in [3.8, 4) is 0 Å². The average molecular weight is 300 g/mol. The molecule has 0 unspecified atom stereocenters. The second kappa shape index (κ2) is 4.61. The molecule has 0 aliphatic carbocycles. The second-order valence-electron chi connectivity index (χ2n) is 5.19. The Morgan fingerprint density at radius 3 is 2.53 bits per heavy atom. The van der Waals surface area contributed by atoms with E-state index in [9.17, 15) is 8.42 Å². The van der Waals surface area contributed by atoms with Gasteiger partial charge in [0.1, 0.15) is 0 Å². The molecule has 8 heteroatoms. The van der Waals surface area contributed by atoms with Gasteiger partial charge in [-0.15, -0.1) is 0 Å². The van der Waals surface area contributed by atoms with Crippen molar-refractivity contribution < 1.29 is 8.42 Å². The third kappa shape index (κ3) is 2.95. The van der Waals surface area contributed by atoms with E-state index in [1.54, 1.807) is 10.7 Å². The molecule has 0 aromatic carbocycles. The molecule has 1 N–H and O–H groups in total. The van der Waals surface area contributed by atoms with Gasteiger partial charge in [-0.3, -0.25) is 9.40 Å². The summed E-state index contributed by atoms with van der Waals surface area (Å²) in [5.41, 5.74) is 0.702. The van der Waals surface area contributed by atoms with Gasteiger partial charge in [-0.05, 0) is 45.3 Å². The number of nitrogens with zero attached hydrogens (tertiary/aromatic N) is 3. The minimum atomic E-state index is -3.59. The molecular formula is C11H16N4O2S2. The zero-order valence-electron chi connectivity index (χ0n) is 11.2. The largest absolute Gasteiger partial charge is 0.274 e. The van der Waals surface area contributed by atoms with Gasteiger partial charge < -0.3 is 0 Å². The van der Waals surface area contributed by atoms with Crippen molar-refractivity contribution in [2.24, 2.45) is 0 Å². The standard InChI is InChI=1S/C11H16N4O2S2/c1-8-7-9(13-15(8)11(2,3)4)14-19(16,17)10-5-6-12-18-10/h5-7H,1-4H3,(H,13,14). The van der Waals surface area contributed by atoms with Crippen LogP contribution in [0.25, 0.3) is 0 Å². The molecule has 2 rings (SSSR count). The van der Waals surface area contributed by atoms with E-state index in [0.29, 0.717) is 5.82 Å². The number of sulfonamides is 1. The lowest BCUT2D eigenvalue weighted by Crippen LogP contribution is -2.24. The molecular weight excluding hydrogens is 284 g/mol. The summed E-state index contributed by atoms with van der Waals surface area (Å²) in [5.74, 6) is 0.320. The molecule has 0 saturated carbocycles. The van der Waals surface area contributed by atoms with E-state index < -0.39 is 10.0 Å². The molecule has 6 nitrogen and oxygen atoms in total. The summed E-state index contributed by atoms with van der Waals surface area (Å²) in [6.45, 7) is 7.92. The number of aromatic nitrogens is 3. The van der Waals surface area contributed by atoms with Gasteiger partial charge in [0.2, 0.25) is 0 Å². The maximum absolute atomic E-state index is 12.0. The zero-order valence-corrected chi connectivity index (χ0v) is 12.8. The molecule has 0 aliphatic rings.